The monoisotopic (exact) mass is 466 g/mol. The van der Waals surface area contributed by atoms with Crippen LogP contribution in [-0.4, -0.2) is 60.1 Å². The van der Waals surface area contributed by atoms with Crippen molar-refractivity contribution in [1.29, 1.82) is 0 Å². The second-order valence-corrected chi connectivity index (χ2v) is 9.65. The first-order chi connectivity index (χ1) is 12.5. The van der Waals surface area contributed by atoms with Crippen LogP contribution in [0, 0.1) is 5.41 Å². The molecule has 0 amide bonds. The Balaban J connectivity index is 2.17. The van der Waals surface area contributed by atoms with Crippen molar-refractivity contribution < 1.29 is 61.0 Å². The highest BCUT2D eigenvalue weighted by molar-refractivity contribution is 7.87. The predicted octanol–water partition coefficient (Wildman–Crippen LogP) is 2.02. The molecule has 2 rings (SSSR count). The van der Waals surface area contributed by atoms with Gasteiger partial charge in [-0.05, 0) is 12.8 Å². The van der Waals surface area contributed by atoms with Crippen molar-refractivity contribution >= 4 is 20.2 Å². The largest absolute Gasteiger partial charge is 0.523 e. The van der Waals surface area contributed by atoms with Gasteiger partial charge in [0.15, 0.2) is 5.79 Å². The lowest BCUT2D eigenvalue weighted by Gasteiger charge is -2.42. The third-order valence-corrected chi connectivity index (χ3v) is 6.48. The Morgan fingerprint density at radius 2 is 1.07 bits per heavy atom. The third-order valence-electron chi connectivity index (χ3n) is 4.49. The van der Waals surface area contributed by atoms with Crippen LogP contribution in [0.4, 0.5) is 26.3 Å². The van der Waals surface area contributed by atoms with E-state index in [9.17, 15) is 43.2 Å². The van der Waals surface area contributed by atoms with Gasteiger partial charge in [-0.15, -0.1) is 0 Å². The summed E-state index contributed by atoms with van der Waals surface area (Å²) in [6.07, 6.45) is -0.572. The van der Waals surface area contributed by atoms with E-state index in [0.29, 0.717) is 0 Å². The van der Waals surface area contributed by atoms with Crippen molar-refractivity contribution in [3.05, 3.63) is 0 Å². The Morgan fingerprint density at radius 3 is 1.39 bits per heavy atom. The molecular weight excluding hydrogens is 450 g/mol. The lowest BCUT2D eigenvalue weighted by Crippen LogP contribution is -2.46. The van der Waals surface area contributed by atoms with E-state index in [2.05, 4.69) is 8.37 Å². The molecule has 16 heteroatoms. The summed E-state index contributed by atoms with van der Waals surface area (Å²) in [5, 5.41) is 0. The van der Waals surface area contributed by atoms with Crippen LogP contribution in [0.25, 0.3) is 0 Å². The Hall–Kier alpha value is -0.680. The Kier molecular flexibility index (Phi) is 6.35. The SMILES string of the molecule is O=S(=O)(OCC1(COS(=O)(=O)C(F)(F)F)CCC2(CC1)OCCO2)C(F)(F)F. The Bertz CT molecular complexity index is 707. The second kappa shape index (κ2) is 7.54. The molecule has 0 aromatic rings. The average molecular weight is 466 g/mol. The van der Waals surface area contributed by atoms with E-state index in [-0.39, 0.29) is 38.9 Å². The zero-order chi connectivity index (χ0) is 21.5. The number of rotatable bonds is 6. The van der Waals surface area contributed by atoms with Gasteiger partial charge in [-0.1, -0.05) is 0 Å². The smallest absolute Gasteiger partial charge is 0.348 e. The van der Waals surface area contributed by atoms with Crippen LogP contribution < -0.4 is 0 Å². The van der Waals surface area contributed by atoms with E-state index >= 15 is 0 Å². The number of hydrogen-bond acceptors (Lipinski definition) is 8. The highest BCUT2D eigenvalue weighted by Gasteiger charge is 2.53. The van der Waals surface area contributed by atoms with Gasteiger partial charge in [-0.2, -0.15) is 43.2 Å². The molecule has 1 saturated carbocycles. The van der Waals surface area contributed by atoms with Crippen LogP contribution in [0.5, 0.6) is 0 Å². The maximum absolute atomic E-state index is 12.5. The summed E-state index contributed by atoms with van der Waals surface area (Å²) in [5.41, 5.74) is -13.3. The lowest BCUT2D eigenvalue weighted by atomic mass is 9.73. The van der Waals surface area contributed by atoms with Gasteiger partial charge in [0, 0.05) is 18.3 Å². The number of halogens is 6. The molecule has 2 aliphatic rings. The quantitative estimate of drug-likeness (QED) is 0.333. The third kappa shape index (κ3) is 5.08. The average Bonchev–Trinajstić information content (AvgIpc) is 3.00. The summed E-state index contributed by atoms with van der Waals surface area (Å²) in [7, 11) is -12.1. The molecule has 1 heterocycles. The van der Waals surface area contributed by atoms with Gasteiger partial charge in [0.25, 0.3) is 0 Å². The van der Waals surface area contributed by atoms with Crippen LogP contribution in [0.1, 0.15) is 25.7 Å². The van der Waals surface area contributed by atoms with E-state index < -0.39 is 55.7 Å². The van der Waals surface area contributed by atoms with Gasteiger partial charge in [-0.3, -0.25) is 8.37 Å². The molecule has 0 atom stereocenters. The van der Waals surface area contributed by atoms with Crippen molar-refractivity contribution in [1.82, 2.24) is 0 Å². The van der Waals surface area contributed by atoms with E-state index in [0.717, 1.165) is 0 Å². The summed E-state index contributed by atoms with van der Waals surface area (Å²) in [5.74, 6) is -1.10. The normalized spacial score (nSPS) is 23.2. The van der Waals surface area contributed by atoms with Crippen LogP contribution in [0.3, 0.4) is 0 Å². The zero-order valence-corrected chi connectivity index (χ0v) is 15.6. The summed E-state index contributed by atoms with van der Waals surface area (Å²) in [6.45, 7) is -1.99. The minimum Gasteiger partial charge on any atom is -0.348 e. The lowest BCUT2D eigenvalue weighted by molar-refractivity contribution is -0.197. The van der Waals surface area contributed by atoms with E-state index in [1.54, 1.807) is 0 Å². The molecule has 0 aromatic carbocycles. The summed E-state index contributed by atoms with van der Waals surface area (Å²) in [6, 6.07) is 0. The topological polar surface area (TPSA) is 105 Å². The fraction of sp³-hybridized carbons (Fsp3) is 1.00. The number of alkyl halides is 6. The summed E-state index contributed by atoms with van der Waals surface area (Å²) in [4.78, 5) is 0. The standard InChI is InChI=1S/C12H16F6O8S2/c13-11(14,15)27(19,20)25-7-9(8-26-28(21,22)12(16,17)18)1-3-10(4-2-9)23-5-6-24-10/h1-8H2. The predicted molar refractivity (Wildman–Crippen MR) is 77.4 cm³/mol. The number of hydrogen-bond donors (Lipinski definition) is 0. The molecule has 0 N–H and O–H groups in total. The molecule has 0 unspecified atom stereocenters. The molecular formula is C12H16F6O8S2. The highest BCUT2D eigenvalue weighted by atomic mass is 32.2. The van der Waals surface area contributed by atoms with Gasteiger partial charge >= 0.3 is 31.3 Å². The van der Waals surface area contributed by atoms with Gasteiger partial charge in [0.05, 0.1) is 26.4 Å². The molecule has 0 radical (unpaired) electrons. The second-order valence-electron chi connectivity index (χ2n) is 6.43. The Morgan fingerprint density at radius 1 is 0.714 bits per heavy atom. The maximum Gasteiger partial charge on any atom is 0.523 e. The number of ether oxygens (including phenoxy) is 2. The molecule has 1 spiro atoms. The maximum atomic E-state index is 12.5. The van der Waals surface area contributed by atoms with Gasteiger partial charge < -0.3 is 9.47 Å². The molecule has 1 saturated heterocycles. The van der Waals surface area contributed by atoms with Gasteiger partial charge in [0.2, 0.25) is 0 Å². The van der Waals surface area contributed by atoms with Crippen molar-refractivity contribution in [2.24, 2.45) is 5.41 Å². The zero-order valence-electron chi connectivity index (χ0n) is 14.0. The molecule has 0 aromatic heterocycles. The minimum absolute atomic E-state index is 0.0299. The molecule has 28 heavy (non-hydrogen) atoms. The molecule has 8 nitrogen and oxygen atoms in total. The fourth-order valence-electron chi connectivity index (χ4n) is 2.82. The first kappa shape index (κ1) is 23.6. The van der Waals surface area contributed by atoms with Crippen LogP contribution in [0.15, 0.2) is 0 Å². The fourth-order valence-corrected chi connectivity index (χ4v) is 3.89. The van der Waals surface area contributed by atoms with Crippen molar-refractivity contribution in [2.75, 3.05) is 26.4 Å². The van der Waals surface area contributed by atoms with E-state index in [1.807, 2.05) is 0 Å². The Labute approximate surface area is 156 Å². The van der Waals surface area contributed by atoms with Crippen molar-refractivity contribution in [3.63, 3.8) is 0 Å². The minimum atomic E-state index is -6.03. The first-order valence-corrected chi connectivity index (χ1v) is 10.5. The first-order valence-electron chi connectivity index (χ1n) is 7.73. The van der Waals surface area contributed by atoms with Crippen molar-refractivity contribution in [2.45, 2.75) is 42.5 Å². The highest BCUT2D eigenvalue weighted by Crippen LogP contribution is 2.46. The van der Waals surface area contributed by atoms with Gasteiger partial charge in [-0.25, -0.2) is 0 Å². The van der Waals surface area contributed by atoms with E-state index in [4.69, 9.17) is 9.47 Å². The van der Waals surface area contributed by atoms with Gasteiger partial charge in [0.1, 0.15) is 0 Å². The molecule has 166 valence electrons. The molecule has 2 fully saturated rings. The van der Waals surface area contributed by atoms with Crippen LogP contribution in [-0.2, 0) is 38.1 Å². The molecule has 1 aliphatic carbocycles. The van der Waals surface area contributed by atoms with E-state index in [1.165, 1.54) is 0 Å². The summed E-state index contributed by atoms with van der Waals surface area (Å²) < 4.78 is 138. The van der Waals surface area contributed by atoms with Crippen LogP contribution in [0.2, 0.25) is 0 Å². The van der Waals surface area contributed by atoms with Crippen molar-refractivity contribution in [3.8, 4) is 0 Å². The summed E-state index contributed by atoms with van der Waals surface area (Å²) >= 11 is 0. The van der Waals surface area contributed by atoms with Crippen LogP contribution >= 0.6 is 0 Å². The molecule has 0 bridgehead atoms. The molecule has 1 aliphatic heterocycles.